The SMILES string of the molecule is Cc1c(C)c(S(=O)(=O)NC(=N)NCCC[C@H](NC(=O)[C@H](CC(C)C)NC(=O)[C@@H](CC(C)C)NC(=O)[C@H](Cc2ccc(OC(C)(C)C)cc2)NC(=O)[C@H](COC(C)(C)C)NC(=O)[C@H](Cc2c[nH]c3ccccc23)NC(=O)[C@H](Cc2cncn2C(c2ccccc2)(c2ccccc2)c2ccccc2)NC(=O)[C@@H]2CCC(=O)N2)C(=O)N2CCC[C@H]2C(=O)O)c(C)c2c1OC(C)(C)C2. The predicted molar refractivity (Wildman–Crippen MR) is 489 cm³/mol. The highest BCUT2D eigenvalue weighted by Crippen LogP contribution is 2.45. The van der Waals surface area contributed by atoms with E-state index >= 15 is 28.8 Å². The molecule has 0 spiro atoms. The number of amides is 9. The van der Waals surface area contributed by atoms with Gasteiger partial charge in [0.2, 0.25) is 59.1 Å². The summed E-state index contributed by atoms with van der Waals surface area (Å²) in [5, 5.41) is 45.5. The number of fused-ring (bicyclic) bond motifs is 2. The number of H-pyrrole nitrogens is 1. The lowest BCUT2D eigenvalue weighted by molar-refractivity contribution is -0.149. The average molecular weight is 1790 g/mol. The second kappa shape index (κ2) is 41.8. The second-order valence-electron chi connectivity index (χ2n) is 37.3. The van der Waals surface area contributed by atoms with Crippen molar-refractivity contribution in [3.05, 3.63) is 214 Å². The van der Waals surface area contributed by atoms with Crippen LogP contribution in [0.15, 0.2) is 163 Å². The van der Waals surface area contributed by atoms with E-state index in [9.17, 15) is 32.7 Å². The zero-order chi connectivity index (χ0) is 93.6. The number of hydrogen-bond donors (Lipinski definition) is 13. The number of ether oxygens (including phenoxy) is 3. The Morgan fingerprint density at radius 3 is 1.69 bits per heavy atom. The molecule has 3 aliphatic rings. The fraction of sp³-hybridized carbons (Fsp3) is 0.464. The molecule has 0 saturated carbocycles. The molecule has 0 unspecified atom stereocenters. The maximum Gasteiger partial charge on any atom is 0.326 e. The normalized spacial score (nSPS) is 16.7. The number of likely N-dealkylation sites (tertiary alicyclic amines) is 1. The molecule has 2 aromatic heterocycles. The molecule has 0 bridgehead atoms. The first-order valence-electron chi connectivity index (χ1n) is 44.3. The van der Waals surface area contributed by atoms with E-state index in [0.29, 0.717) is 68.8 Å². The van der Waals surface area contributed by atoms with Gasteiger partial charge in [0.15, 0.2) is 0 Å². The van der Waals surface area contributed by atoms with Crippen LogP contribution >= 0.6 is 0 Å². The third kappa shape index (κ3) is 24.7. The zero-order valence-electron chi connectivity index (χ0n) is 76.3. The Balaban J connectivity index is 0.868. The molecule has 31 nitrogen and oxygen atoms in total. The average Bonchev–Trinajstić information content (AvgIpc) is 1.73. The van der Waals surface area contributed by atoms with Gasteiger partial charge < -0.3 is 81.6 Å². The third-order valence-electron chi connectivity index (χ3n) is 23.4. The first kappa shape index (κ1) is 97.2. The Morgan fingerprint density at radius 2 is 1.15 bits per heavy atom. The lowest BCUT2D eigenvalue weighted by Crippen LogP contribution is -2.62. The van der Waals surface area contributed by atoms with Crippen molar-refractivity contribution in [2.45, 2.75) is 263 Å². The number of carboxylic acids is 1. The summed E-state index contributed by atoms with van der Waals surface area (Å²) in [4.78, 5) is 157. The lowest BCUT2D eigenvalue weighted by atomic mass is 9.76. The number of carbonyl (C=O) groups excluding carboxylic acids is 9. The number of rotatable bonds is 39. The van der Waals surface area contributed by atoms with Crippen molar-refractivity contribution in [1.82, 2.24) is 72.0 Å². The molecule has 13 N–H and O–H groups in total. The minimum absolute atomic E-state index is 0.00332. The van der Waals surface area contributed by atoms with Crippen LogP contribution in [0.2, 0.25) is 0 Å². The van der Waals surface area contributed by atoms with Gasteiger partial charge in [0.05, 0.1) is 23.4 Å². The molecule has 5 heterocycles. The van der Waals surface area contributed by atoms with E-state index in [-0.39, 0.29) is 99.9 Å². The highest BCUT2D eigenvalue weighted by Gasteiger charge is 2.45. The highest BCUT2D eigenvalue weighted by atomic mass is 32.2. The topological polar surface area (TPSA) is 434 Å². The van der Waals surface area contributed by atoms with Crippen molar-refractivity contribution in [2.75, 3.05) is 19.7 Å². The Morgan fingerprint density at radius 1 is 0.628 bits per heavy atom. The molecule has 0 aliphatic carbocycles. The van der Waals surface area contributed by atoms with Gasteiger partial charge in [-0.05, 0) is 196 Å². The summed E-state index contributed by atoms with van der Waals surface area (Å²) in [6.45, 7) is 26.6. The summed E-state index contributed by atoms with van der Waals surface area (Å²) in [5.74, 6) is -8.09. The number of sulfonamides is 1. The molecule has 9 amide bonds. The van der Waals surface area contributed by atoms with Gasteiger partial charge in [-0.3, -0.25) is 48.6 Å². The van der Waals surface area contributed by atoms with E-state index in [1.54, 1.807) is 84.5 Å². The molecule has 2 fully saturated rings. The van der Waals surface area contributed by atoms with Crippen molar-refractivity contribution in [2.24, 2.45) is 11.8 Å². The van der Waals surface area contributed by atoms with E-state index in [0.717, 1.165) is 22.3 Å². The number of aromatic amines is 1. The number of carboxylic acid groups (broad SMARTS) is 1. The summed E-state index contributed by atoms with van der Waals surface area (Å²) in [6, 6.07) is 31.0. The fourth-order valence-electron chi connectivity index (χ4n) is 17.1. The number of para-hydroxylation sites is 1. The number of benzene rings is 6. The second-order valence-corrected chi connectivity index (χ2v) is 38.9. The fourth-order valence-corrected chi connectivity index (χ4v) is 18.7. The molecule has 3 aliphatic heterocycles. The monoisotopic (exact) mass is 1790 g/mol. The molecule has 0 radical (unpaired) electrons. The summed E-state index contributed by atoms with van der Waals surface area (Å²) < 4.78 is 51.2. The van der Waals surface area contributed by atoms with E-state index in [1.807, 2.05) is 182 Å². The van der Waals surface area contributed by atoms with E-state index in [4.69, 9.17) is 24.6 Å². The lowest BCUT2D eigenvalue weighted by Gasteiger charge is -2.39. The van der Waals surface area contributed by atoms with E-state index in [1.165, 1.54) is 4.90 Å². The Hall–Kier alpha value is -12.5. The van der Waals surface area contributed by atoms with Gasteiger partial charge in [-0.2, -0.15) is 0 Å². The van der Waals surface area contributed by atoms with Crippen molar-refractivity contribution >= 4 is 86.0 Å². The number of carbonyl (C=O) groups is 10. The molecular formula is C97H125N15O16S. The zero-order valence-corrected chi connectivity index (χ0v) is 77.1. The minimum atomic E-state index is -4.33. The largest absolute Gasteiger partial charge is 0.488 e. The van der Waals surface area contributed by atoms with Crippen molar-refractivity contribution in [3.8, 4) is 11.5 Å². The van der Waals surface area contributed by atoms with Crippen LogP contribution < -0.4 is 62.0 Å². The van der Waals surface area contributed by atoms with Gasteiger partial charge in [0.1, 0.15) is 82.6 Å². The highest BCUT2D eigenvalue weighted by molar-refractivity contribution is 7.90. The molecule has 6 aromatic carbocycles. The minimum Gasteiger partial charge on any atom is -0.488 e. The van der Waals surface area contributed by atoms with Crippen LogP contribution in [0.1, 0.15) is 190 Å². The Kier molecular flexibility index (Phi) is 31.5. The van der Waals surface area contributed by atoms with Gasteiger partial charge in [-0.15, -0.1) is 0 Å². The number of aromatic nitrogens is 3. The molecule has 32 heteroatoms. The molecular weight excluding hydrogens is 1660 g/mol. The number of nitrogens with zero attached hydrogens (tertiary/aromatic N) is 3. The van der Waals surface area contributed by atoms with Crippen molar-refractivity contribution in [1.29, 1.82) is 5.41 Å². The van der Waals surface area contributed by atoms with Crippen LogP contribution in [0.5, 0.6) is 11.5 Å². The van der Waals surface area contributed by atoms with Gasteiger partial charge >= 0.3 is 5.97 Å². The number of aliphatic carboxylic acids is 1. The third-order valence-corrected chi connectivity index (χ3v) is 25.0. The quantitative estimate of drug-likeness (QED) is 0.00739. The van der Waals surface area contributed by atoms with Gasteiger partial charge in [-0.1, -0.05) is 149 Å². The summed E-state index contributed by atoms with van der Waals surface area (Å²) in [6.07, 6.45) is 5.46. The van der Waals surface area contributed by atoms with E-state index in [2.05, 4.69) is 57.6 Å². The predicted octanol–water partition coefficient (Wildman–Crippen LogP) is 8.99. The number of guanidine groups is 1. The molecule has 11 rings (SSSR count). The Labute approximate surface area is 754 Å². The van der Waals surface area contributed by atoms with Crippen LogP contribution in [0.3, 0.4) is 0 Å². The number of hydrogen-bond acceptors (Lipinski definition) is 17. The van der Waals surface area contributed by atoms with Gasteiger partial charge in [0, 0.05) is 79.7 Å². The van der Waals surface area contributed by atoms with Crippen molar-refractivity contribution < 1.29 is 75.7 Å². The first-order chi connectivity index (χ1) is 61.0. The molecule has 690 valence electrons. The van der Waals surface area contributed by atoms with Crippen LogP contribution in [0, 0.1) is 38.0 Å². The molecule has 9 atom stereocenters. The smallest absolute Gasteiger partial charge is 0.326 e. The molecule has 2 saturated heterocycles. The summed E-state index contributed by atoms with van der Waals surface area (Å²) in [7, 11) is -4.33. The number of imidazole rings is 1. The van der Waals surface area contributed by atoms with Gasteiger partial charge in [0.25, 0.3) is 10.0 Å². The molecule has 8 aromatic rings. The maximum atomic E-state index is 15.9. The number of nitrogens with one attached hydrogen (secondary N) is 12. The van der Waals surface area contributed by atoms with Crippen LogP contribution in [0.4, 0.5) is 0 Å². The Bertz CT molecular complexity index is 5400. The van der Waals surface area contributed by atoms with Crippen LogP contribution in [-0.4, -0.2) is 189 Å². The van der Waals surface area contributed by atoms with Crippen LogP contribution in [0.25, 0.3) is 10.9 Å². The first-order valence-corrected chi connectivity index (χ1v) is 45.7. The van der Waals surface area contributed by atoms with Crippen molar-refractivity contribution in [3.63, 3.8) is 0 Å². The maximum absolute atomic E-state index is 15.9. The van der Waals surface area contributed by atoms with E-state index < -0.39 is 153 Å². The summed E-state index contributed by atoms with van der Waals surface area (Å²) >= 11 is 0. The van der Waals surface area contributed by atoms with Gasteiger partial charge in [-0.25, -0.2) is 22.9 Å². The standard InChI is InChI=1S/C97H125N15O16S/c1-57(2)47-74(85(115)103-73(91(121)111-46-28-38-80(111)92(122)123)37-27-45-100-93(98)110-129(124,125)83-60(6)59(5)82-70(61(83)7)52-96(14,15)128-82)104-86(116)75(48-58(3)4)105-87(117)76(49-62-39-41-68(42-40-62)127-95(11,12)13)106-90(120)79(55-126-94(8,9)10)109-88(118)77(50-63-53-101-71-36-26-25-35-69(63)71)107-89(119)78(108-84(114)72-43-44-81(113)102-72)51-67-54-99-56-112(67)97(64-29-19-16-20-30-64,65-31-21-17-22-32-65)66-33-23-18-24-34-66/h16-26,29-36,39-42,53-54,56-58,72-80,101H,27-28,37-38,43-52,55H2,1-15H3,(H,102,113)(H,103,115)(H,104,116)(H,105,117)(H,106,120)(H,107,119)(H,108,114)(H,109,118)(H,122,123)(H3,98,100,110)/t72-,73-,74-,75+,76-,77-,78-,79-,80-/m0/s1. The van der Waals surface area contributed by atoms with Crippen LogP contribution in [-0.2, 0) is 93.9 Å². The summed E-state index contributed by atoms with van der Waals surface area (Å²) in [5.41, 5.74) is 3.95. The molecule has 129 heavy (non-hydrogen) atoms.